The number of fused-ring (bicyclic) bond motifs is 1. The Bertz CT molecular complexity index is 1580. The van der Waals surface area contributed by atoms with Crippen molar-refractivity contribution >= 4 is 20.7 Å². The first-order chi connectivity index (χ1) is 17.8. The van der Waals surface area contributed by atoms with Crippen LogP contribution in [0.4, 0.5) is 0 Å². The summed E-state index contributed by atoms with van der Waals surface area (Å²) in [5.74, 6) is 2.03. The average molecular weight is 520 g/mol. The molecule has 1 saturated heterocycles. The van der Waals surface area contributed by atoms with Gasteiger partial charge in [0.15, 0.2) is 9.84 Å². The third kappa shape index (κ3) is 5.65. The maximum absolute atomic E-state index is 12.6. The van der Waals surface area contributed by atoms with E-state index in [0.717, 1.165) is 37.4 Å². The molecule has 7 nitrogen and oxygen atoms in total. The molecule has 1 fully saturated rings. The SMILES string of the molecule is Cn1cc(-c2cc(S(C)(=O)=O)ccc2Oc2cccc(CCCC3CCNCC3)c2)c2cc[nH]c2c1=O. The number of nitrogens with zero attached hydrogens (tertiary/aromatic N) is 1. The summed E-state index contributed by atoms with van der Waals surface area (Å²) < 4.78 is 32.6. The number of sulfone groups is 1. The van der Waals surface area contributed by atoms with Crippen LogP contribution in [0.1, 0.15) is 31.2 Å². The maximum Gasteiger partial charge on any atom is 0.274 e. The molecule has 194 valence electrons. The molecule has 3 heterocycles. The molecule has 0 bridgehead atoms. The quantitative estimate of drug-likeness (QED) is 0.340. The maximum atomic E-state index is 12.6. The van der Waals surface area contributed by atoms with Crippen LogP contribution >= 0.6 is 0 Å². The first kappa shape index (κ1) is 25.3. The fourth-order valence-corrected chi connectivity index (χ4v) is 5.83. The normalized spacial score (nSPS) is 14.8. The molecule has 1 aliphatic rings. The highest BCUT2D eigenvalue weighted by Crippen LogP contribution is 2.38. The largest absolute Gasteiger partial charge is 0.457 e. The lowest BCUT2D eigenvalue weighted by Gasteiger charge is -2.22. The van der Waals surface area contributed by atoms with Gasteiger partial charge in [0.1, 0.15) is 17.0 Å². The van der Waals surface area contributed by atoms with E-state index < -0.39 is 9.84 Å². The molecule has 2 N–H and O–H groups in total. The first-order valence-corrected chi connectivity index (χ1v) is 14.7. The van der Waals surface area contributed by atoms with Crippen molar-refractivity contribution < 1.29 is 13.2 Å². The van der Waals surface area contributed by atoms with E-state index in [2.05, 4.69) is 22.4 Å². The lowest BCUT2D eigenvalue weighted by Crippen LogP contribution is -2.27. The highest BCUT2D eigenvalue weighted by atomic mass is 32.2. The Kier molecular flexibility index (Phi) is 7.22. The molecule has 0 radical (unpaired) electrons. The van der Waals surface area contributed by atoms with Gasteiger partial charge in [0, 0.05) is 42.2 Å². The van der Waals surface area contributed by atoms with Crippen molar-refractivity contribution in [1.29, 1.82) is 0 Å². The number of H-pyrrole nitrogens is 1. The Labute approximate surface area is 217 Å². The van der Waals surface area contributed by atoms with E-state index in [1.54, 1.807) is 37.6 Å². The molecule has 0 aliphatic carbocycles. The molecule has 37 heavy (non-hydrogen) atoms. The van der Waals surface area contributed by atoms with Crippen LogP contribution in [0.5, 0.6) is 11.5 Å². The molecule has 0 unspecified atom stereocenters. The van der Waals surface area contributed by atoms with Gasteiger partial charge in [-0.3, -0.25) is 4.79 Å². The highest BCUT2D eigenvalue weighted by molar-refractivity contribution is 7.90. The van der Waals surface area contributed by atoms with Crippen LogP contribution < -0.4 is 15.6 Å². The summed E-state index contributed by atoms with van der Waals surface area (Å²) in [6, 6.07) is 14.8. The van der Waals surface area contributed by atoms with Crippen LogP contribution in [0.15, 0.2) is 70.6 Å². The summed E-state index contributed by atoms with van der Waals surface area (Å²) in [5, 5.41) is 4.14. The molecular weight excluding hydrogens is 486 g/mol. The summed E-state index contributed by atoms with van der Waals surface area (Å²) in [7, 11) is -1.76. The molecule has 2 aromatic carbocycles. The fraction of sp³-hybridized carbons (Fsp3) is 0.345. The summed E-state index contributed by atoms with van der Waals surface area (Å²) in [5.41, 5.74) is 2.86. The lowest BCUT2D eigenvalue weighted by atomic mass is 9.91. The zero-order chi connectivity index (χ0) is 26.0. The van der Waals surface area contributed by atoms with E-state index in [4.69, 9.17) is 4.74 Å². The van der Waals surface area contributed by atoms with Crippen LogP contribution in [0, 0.1) is 5.92 Å². The summed E-state index contributed by atoms with van der Waals surface area (Å²) in [6.45, 7) is 2.25. The van der Waals surface area contributed by atoms with Crippen LogP contribution in [-0.2, 0) is 23.3 Å². The van der Waals surface area contributed by atoms with Gasteiger partial charge in [-0.1, -0.05) is 18.6 Å². The molecule has 1 aliphatic heterocycles. The summed E-state index contributed by atoms with van der Waals surface area (Å²) >= 11 is 0. The number of benzene rings is 2. The van der Waals surface area contributed by atoms with Crippen LogP contribution in [0.2, 0.25) is 0 Å². The third-order valence-corrected chi connectivity index (χ3v) is 8.34. The van der Waals surface area contributed by atoms with Gasteiger partial charge in [0.05, 0.1) is 4.90 Å². The number of aryl methyl sites for hydroxylation is 2. The smallest absolute Gasteiger partial charge is 0.274 e. The Morgan fingerprint density at radius 2 is 1.86 bits per heavy atom. The Hall–Kier alpha value is -3.36. The van der Waals surface area contributed by atoms with Crippen molar-refractivity contribution in [2.24, 2.45) is 13.0 Å². The van der Waals surface area contributed by atoms with Gasteiger partial charge in [0.2, 0.25) is 0 Å². The van der Waals surface area contributed by atoms with Gasteiger partial charge in [-0.2, -0.15) is 0 Å². The van der Waals surface area contributed by atoms with Crippen LogP contribution in [0.3, 0.4) is 0 Å². The molecule has 4 aromatic rings. The predicted molar refractivity (Wildman–Crippen MR) is 147 cm³/mol. The zero-order valence-corrected chi connectivity index (χ0v) is 22.1. The van der Waals surface area contributed by atoms with Crippen molar-refractivity contribution in [1.82, 2.24) is 14.9 Å². The Balaban J connectivity index is 1.46. The molecule has 0 saturated carbocycles. The van der Waals surface area contributed by atoms with E-state index in [-0.39, 0.29) is 10.5 Å². The number of piperidine rings is 1. The Morgan fingerprint density at radius 1 is 1.05 bits per heavy atom. The summed E-state index contributed by atoms with van der Waals surface area (Å²) in [6.07, 6.45) is 10.5. The highest BCUT2D eigenvalue weighted by Gasteiger charge is 2.18. The van der Waals surface area contributed by atoms with E-state index >= 15 is 0 Å². The van der Waals surface area contributed by atoms with Gasteiger partial charge >= 0.3 is 0 Å². The van der Waals surface area contributed by atoms with Gasteiger partial charge in [-0.25, -0.2) is 8.42 Å². The number of pyridine rings is 1. The average Bonchev–Trinajstić information content (AvgIpc) is 3.37. The first-order valence-electron chi connectivity index (χ1n) is 12.8. The Morgan fingerprint density at radius 3 is 2.65 bits per heavy atom. The molecule has 8 heteroatoms. The van der Waals surface area contributed by atoms with E-state index in [1.807, 2.05) is 18.2 Å². The number of aromatic amines is 1. The monoisotopic (exact) mass is 519 g/mol. The van der Waals surface area contributed by atoms with E-state index in [0.29, 0.717) is 28.0 Å². The number of nitrogens with one attached hydrogen (secondary N) is 2. The van der Waals surface area contributed by atoms with E-state index in [1.165, 1.54) is 35.6 Å². The number of hydrogen-bond acceptors (Lipinski definition) is 5. The second kappa shape index (κ2) is 10.6. The molecule has 2 aromatic heterocycles. The van der Waals surface area contributed by atoms with Crippen molar-refractivity contribution in [3.8, 4) is 22.6 Å². The van der Waals surface area contributed by atoms with Gasteiger partial charge < -0.3 is 19.6 Å². The van der Waals surface area contributed by atoms with Gasteiger partial charge in [-0.15, -0.1) is 0 Å². The number of hydrogen-bond donors (Lipinski definition) is 2. The molecule has 0 atom stereocenters. The second-order valence-electron chi connectivity index (χ2n) is 9.99. The number of rotatable bonds is 8. The number of aromatic nitrogens is 2. The topological polar surface area (TPSA) is 93.2 Å². The predicted octanol–water partition coefficient (Wildman–Crippen LogP) is 5.05. The van der Waals surface area contributed by atoms with Crippen molar-refractivity contribution in [2.45, 2.75) is 37.0 Å². The molecule has 0 amide bonds. The standard InChI is InChI=1S/C29H33N3O4S/c1-32-19-26(24-13-16-31-28(24)29(32)33)25-18-23(37(2,34)35)9-10-27(25)36-22-8-4-7-21(17-22)6-3-5-20-11-14-30-15-12-20/h4,7-10,13,16-20,30-31H,3,5-6,11-12,14-15H2,1-2H3. The lowest BCUT2D eigenvalue weighted by molar-refractivity contribution is 0.347. The fourth-order valence-electron chi connectivity index (χ4n) is 5.18. The third-order valence-electron chi connectivity index (χ3n) is 7.23. The molecule has 5 rings (SSSR count). The summed E-state index contributed by atoms with van der Waals surface area (Å²) in [4.78, 5) is 15.8. The van der Waals surface area contributed by atoms with Crippen LogP contribution in [-0.4, -0.2) is 37.3 Å². The van der Waals surface area contributed by atoms with E-state index in [9.17, 15) is 13.2 Å². The van der Waals surface area contributed by atoms with Crippen molar-refractivity contribution in [3.05, 3.63) is 76.8 Å². The molecular formula is C29H33N3O4S. The zero-order valence-electron chi connectivity index (χ0n) is 21.3. The molecule has 0 spiro atoms. The minimum atomic E-state index is -3.44. The minimum absolute atomic E-state index is 0.150. The van der Waals surface area contributed by atoms with Crippen LogP contribution in [0.25, 0.3) is 22.0 Å². The second-order valence-corrected chi connectivity index (χ2v) is 12.0. The van der Waals surface area contributed by atoms with Crippen molar-refractivity contribution in [2.75, 3.05) is 19.3 Å². The van der Waals surface area contributed by atoms with Gasteiger partial charge in [-0.05, 0) is 86.7 Å². The van der Waals surface area contributed by atoms with Gasteiger partial charge in [0.25, 0.3) is 5.56 Å². The van der Waals surface area contributed by atoms with Crippen molar-refractivity contribution in [3.63, 3.8) is 0 Å². The number of ether oxygens (including phenoxy) is 1. The minimum Gasteiger partial charge on any atom is -0.457 e.